The predicted octanol–water partition coefficient (Wildman–Crippen LogP) is 0.862. The summed E-state index contributed by atoms with van der Waals surface area (Å²) in [6.07, 6.45) is 0. The standard InChI is InChI=1S/C11H17BClNO2/c1-3-14(4-2)8-9-10(12(15)16)6-5-7-11(9)13/h5-7,15-16H,3-4,8H2,1-2H3. The molecule has 0 saturated heterocycles. The molecule has 0 atom stereocenters. The number of benzene rings is 1. The minimum atomic E-state index is -1.47. The van der Waals surface area contributed by atoms with E-state index < -0.39 is 7.12 Å². The topological polar surface area (TPSA) is 43.7 Å². The summed E-state index contributed by atoms with van der Waals surface area (Å²) in [7, 11) is -1.47. The molecule has 0 aliphatic rings. The van der Waals surface area contributed by atoms with Crippen LogP contribution in [-0.4, -0.2) is 35.2 Å². The van der Waals surface area contributed by atoms with E-state index in [4.69, 9.17) is 11.6 Å². The quantitative estimate of drug-likeness (QED) is 0.752. The van der Waals surface area contributed by atoms with Gasteiger partial charge in [-0.1, -0.05) is 37.6 Å². The highest BCUT2D eigenvalue weighted by molar-refractivity contribution is 6.59. The highest BCUT2D eigenvalue weighted by Crippen LogP contribution is 2.15. The van der Waals surface area contributed by atoms with Gasteiger partial charge in [0.25, 0.3) is 0 Å². The Morgan fingerprint density at radius 3 is 2.38 bits per heavy atom. The number of rotatable bonds is 5. The fraction of sp³-hybridized carbons (Fsp3) is 0.455. The van der Waals surface area contributed by atoms with E-state index in [0.717, 1.165) is 18.7 Å². The van der Waals surface area contributed by atoms with Gasteiger partial charge in [-0.3, -0.25) is 4.90 Å². The normalized spacial score (nSPS) is 10.9. The van der Waals surface area contributed by atoms with Crippen molar-refractivity contribution in [2.45, 2.75) is 20.4 Å². The van der Waals surface area contributed by atoms with Gasteiger partial charge >= 0.3 is 7.12 Å². The van der Waals surface area contributed by atoms with Crippen LogP contribution in [-0.2, 0) is 6.54 Å². The SMILES string of the molecule is CCN(CC)Cc1c(Cl)cccc1B(O)O. The molecule has 0 aliphatic carbocycles. The molecule has 0 amide bonds. The van der Waals surface area contributed by atoms with Crippen molar-refractivity contribution < 1.29 is 10.0 Å². The van der Waals surface area contributed by atoms with Crippen molar-refractivity contribution in [1.82, 2.24) is 4.90 Å². The molecular formula is C11H17BClNO2. The van der Waals surface area contributed by atoms with E-state index in [2.05, 4.69) is 18.7 Å². The molecule has 1 rings (SSSR count). The summed E-state index contributed by atoms with van der Waals surface area (Å²) in [5.41, 5.74) is 1.28. The Morgan fingerprint density at radius 2 is 1.88 bits per heavy atom. The van der Waals surface area contributed by atoms with Crippen molar-refractivity contribution in [3.8, 4) is 0 Å². The monoisotopic (exact) mass is 241 g/mol. The van der Waals surface area contributed by atoms with Crippen LogP contribution in [0.1, 0.15) is 19.4 Å². The molecule has 0 bridgehead atoms. The van der Waals surface area contributed by atoms with E-state index in [0.29, 0.717) is 17.0 Å². The van der Waals surface area contributed by atoms with Crippen LogP contribution in [0.2, 0.25) is 5.02 Å². The van der Waals surface area contributed by atoms with Gasteiger partial charge in [-0.15, -0.1) is 0 Å². The molecule has 0 spiro atoms. The maximum Gasteiger partial charge on any atom is 0.488 e. The first-order valence-corrected chi connectivity index (χ1v) is 5.83. The Balaban J connectivity index is 3.00. The van der Waals surface area contributed by atoms with Gasteiger partial charge in [0.15, 0.2) is 0 Å². The molecule has 1 aromatic rings. The van der Waals surface area contributed by atoms with E-state index in [1.807, 2.05) is 0 Å². The largest absolute Gasteiger partial charge is 0.488 e. The Kier molecular flexibility index (Phi) is 5.28. The predicted molar refractivity (Wildman–Crippen MR) is 67.9 cm³/mol. The average molecular weight is 242 g/mol. The second kappa shape index (κ2) is 6.25. The number of halogens is 1. The molecule has 0 fully saturated rings. The molecule has 0 aliphatic heterocycles. The summed E-state index contributed by atoms with van der Waals surface area (Å²) < 4.78 is 0. The van der Waals surface area contributed by atoms with Gasteiger partial charge in [0, 0.05) is 11.6 Å². The molecular weight excluding hydrogens is 224 g/mol. The molecule has 2 N–H and O–H groups in total. The Labute approximate surface area is 102 Å². The van der Waals surface area contributed by atoms with Crippen LogP contribution in [0.4, 0.5) is 0 Å². The van der Waals surface area contributed by atoms with Gasteiger partial charge in [0.05, 0.1) is 0 Å². The van der Waals surface area contributed by atoms with E-state index in [1.165, 1.54) is 0 Å². The van der Waals surface area contributed by atoms with E-state index in [1.54, 1.807) is 18.2 Å². The van der Waals surface area contributed by atoms with Crippen LogP contribution in [0.3, 0.4) is 0 Å². The summed E-state index contributed by atoms with van der Waals surface area (Å²) in [5.74, 6) is 0. The molecule has 0 radical (unpaired) electrons. The maximum absolute atomic E-state index is 9.27. The zero-order valence-corrected chi connectivity index (χ0v) is 10.4. The van der Waals surface area contributed by atoms with Crippen LogP contribution in [0.15, 0.2) is 18.2 Å². The third kappa shape index (κ3) is 3.22. The number of hydrogen-bond acceptors (Lipinski definition) is 3. The summed E-state index contributed by atoms with van der Waals surface area (Å²) in [4.78, 5) is 2.17. The van der Waals surface area contributed by atoms with Crippen molar-refractivity contribution >= 4 is 24.2 Å². The van der Waals surface area contributed by atoms with Crippen LogP contribution in [0.25, 0.3) is 0 Å². The Bertz CT molecular complexity index is 343. The smallest absolute Gasteiger partial charge is 0.423 e. The molecule has 0 saturated carbocycles. The number of hydrogen-bond donors (Lipinski definition) is 2. The second-order valence-electron chi connectivity index (χ2n) is 3.64. The molecule has 16 heavy (non-hydrogen) atoms. The Hall–Kier alpha value is -0.545. The third-order valence-electron chi connectivity index (χ3n) is 2.71. The second-order valence-corrected chi connectivity index (χ2v) is 4.05. The molecule has 0 unspecified atom stereocenters. The van der Waals surface area contributed by atoms with Crippen molar-refractivity contribution in [3.05, 3.63) is 28.8 Å². The van der Waals surface area contributed by atoms with E-state index in [-0.39, 0.29) is 0 Å². The minimum Gasteiger partial charge on any atom is -0.423 e. The lowest BCUT2D eigenvalue weighted by molar-refractivity contribution is 0.296. The van der Waals surface area contributed by atoms with Crippen LogP contribution < -0.4 is 5.46 Å². The van der Waals surface area contributed by atoms with Crippen LogP contribution >= 0.6 is 11.6 Å². The van der Waals surface area contributed by atoms with Gasteiger partial charge in [-0.2, -0.15) is 0 Å². The van der Waals surface area contributed by atoms with Gasteiger partial charge in [0.2, 0.25) is 0 Å². The average Bonchev–Trinajstić information content (AvgIpc) is 2.27. The fourth-order valence-electron chi connectivity index (χ4n) is 1.65. The van der Waals surface area contributed by atoms with Gasteiger partial charge in [-0.25, -0.2) is 0 Å². The highest BCUT2D eigenvalue weighted by Gasteiger charge is 2.18. The maximum atomic E-state index is 9.27. The minimum absolute atomic E-state index is 0.486. The third-order valence-corrected chi connectivity index (χ3v) is 3.06. The molecule has 3 nitrogen and oxygen atoms in total. The zero-order valence-electron chi connectivity index (χ0n) is 9.65. The van der Waals surface area contributed by atoms with Gasteiger partial charge < -0.3 is 10.0 Å². The summed E-state index contributed by atoms with van der Waals surface area (Å²) in [6, 6.07) is 5.19. The first-order valence-electron chi connectivity index (χ1n) is 5.45. The molecule has 0 heterocycles. The van der Waals surface area contributed by atoms with Crippen molar-refractivity contribution in [2.75, 3.05) is 13.1 Å². The van der Waals surface area contributed by atoms with Crippen molar-refractivity contribution in [3.63, 3.8) is 0 Å². The number of nitrogens with zero attached hydrogens (tertiary/aromatic N) is 1. The van der Waals surface area contributed by atoms with Crippen molar-refractivity contribution in [1.29, 1.82) is 0 Å². The summed E-state index contributed by atoms with van der Waals surface area (Å²) in [6.45, 7) is 6.58. The summed E-state index contributed by atoms with van der Waals surface area (Å²) >= 11 is 6.08. The lowest BCUT2D eigenvalue weighted by Crippen LogP contribution is -2.36. The first-order chi connectivity index (χ1) is 7.60. The van der Waals surface area contributed by atoms with Gasteiger partial charge in [0.1, 0.15) is 0 Å². The lowest BCUT2D eigenvalue weighted by atomic mass is 9.77. The fourth-order valence-corrected chi connectivity index (χ4v) is 1.90. The zero-order chi connectivity index (χ0) is 12.1. The molecule has 1 aromatic carbocycles. The molecule has 0 aromatic heterocycles. The first kappa shape index (κ1) is 13.5. The van der Waals surface area contributed by atoms with E-state index in [9.17, 15) is 10.0 Å². The summed E-state index contributed by atoms with van der Waals surface area (Å²) in [5, 5.41) is 19.1. The van der Waals surface area contributed by atoms with Crippen LogP contribution in [0.5, 0.6) is 0 Å². The van der Waals surface area contributed by atoms with Crippen LogP contribution in [0, 0.1) is 0 Å². The molecule has 5 heteroatoms. The van der Waals surface area contributed by atoms with E-state index >= 15 is 0 Å². The molecule has 88 valence electrons. The Morgan fingerprint density at radius 1 is 1.25 bits per heavy atom. The van der Waals surface area contributed by atoms with Gasteiger partial charge in [-0.05, 0) is 30.2 Å². The van der Waals surface area contributed by atoms with Crippen molar-refractivity contribution in [2.24, 2.45) is 0 Å². The highest BCUT2D eigenvalue weighted by atomic mass is 35.5. The lowest BCUT2D eigenvalue weighted by Gasteiger charge is -2.21.